The Labute approximate surface area is 128 Å². The van der Waals surface area contributed by atoms with Crippen molar-refractivity contribution < 1.29 is 9.66 Å². The third-order valence-electron chi connectivity index (χ3n) is 2.58. The van der Waals surface area contributed by atoms with Crippen molar-refractivity contribution in [2.45, 2.75) is 6.61 Å². The van der Waals surface area contributed by atoms with Crippen molar-refractivity contribution >= 4 is 38.9 Å². The number of nitrogen functional groups attached to an aromatic ring is 1. The summed E-state index contributed by atoms with van der Waals surface area (Å²) in [5.41, 5.74) is 6.33. The van der Waals surface area contributed by atoms with E-state index in [0.717, 1.165) is 10.0 Å². The van der Waals surface area contributed by atoms with E-state index in [9.17, 15) is 10.1 Å². The van der Waals surface area contributed by atoms with E-state index in [1.165, 1.54) is 12.1 Å². The summed E-state index contributed by atoms with van der Waals surface area (Å²) in [4.78, 5) is 10.1. The van der Waals surface area contributed by atoms with E-state index in [-0.39, 0.29) is 18.0 Å². The van der Waals surface area contributed by atoms with Gasteiger partial charge in [-0.1, -0.05) is 27.5 Å². The first-order valence-corrected chi connectivity index (χ1v) is 6.75. The number of rotatable bonds is 4. The lowest BCUT2D eigenvalue weighted by atomic mass is 10.2. The molecule has 2 N–H and O–H groups in total. The molecule has 0 aromatic heterocycles. The molecule has 104 valence electrons. The van der Waals surface area contributed by atoms with Gasteiger partial charge in [-0.3, -0.25) is 10.1 Å². The molecule has 0 spiro atoms. The van der Waals surface area contributed by atoms with Gasteiger partial charge < -0.3 is 10.5 Å². The van der Waals surface area contributed by atoms with Crippen LogP contribution >= 0.6 is 27.5 Å². The number of nitro benzene ring substituents is 1. The van der Waals surface area contributed by atoms with Crippen LogP contribution in [0.5, 0.6) is 5.75 Å². The third kappa shape index (κ3) is 3.40. The Morgan fingerprint density at radius 3 is 2.65 bits per heavy atom. The third-order valence-corrected chi connectivity index (χ3v) is 3.37. The molecule has 20 heavy (non-hydrogen) atoms. The van der Waals surface area contributed by atoms with E-state index in [0.29, 0.717) is 10.8 Å². The highest BCUT2D eigenvalue weighted by Gasteiger charge is 2.11. The summed E-state index contributed by atoms with van der Waals surface area (Å²) in [5, 5.41) is 11.1. The summed E-state index contributed by atoms with van der Waals surface area (Å²) in [6.07, 6.45) is 0. The highest BCUT2D eigenvalue weighted by Crippen LogP contribution is 2.29. The van der Waals surface area contributed by atoms with Gasteiger partial charge in [-0.05, 0) is 35.9 Å². The largest absolute Gasteiger partial charge is 0.487 e. The fourth-order valence-corrected chi connectivity index (χ4v) is 2.34. The molecule has 0 saturated heterocycles. The van der Waals surface area contributed by atoms with Crippen molar-refractivity contribution in [3.63, 3.8) is 0 Å². The highest BCUT2D eigenvalue weighted by atomic mass is 79.9. The van der Waals surface area contributed by atoms with Crippen LogP contribution in [0.15, 0.2) is 40.9 Å². The molecule has 0 aliphatic carbocycles. The Morgan fingerprint density at radius 1 is 1.30 bits per heavy atom. The van der Waals surface area contributed by atoms with Crippen molar-refractivity contribution in [2.24, 2.45) is 0 Å². The van der Waals surface area contributed by atoms with Crippen molar-refractivity contribution in [1.29, 1.82) is 0 Å². The molecule has 2 aromatic carbocycles. The minimum absolute atomic E-state index is 0.109. The first-order valence-electron chi connectivity index (χ1n) is 5.58. The summed E-state index contributed by atoms with van der Waals surface area (Å²) in [5.74, 6) is 0.534. The molecular weight excluding hydrogens is 348 g/mol. The van der Waals surface area contributed by atoms with E-state index in [1.54, 1.807) is 18.2 Å². The van der Waals surface area contributed by atoms with Gasteiger partial charge in [0.05, 0.1) is 9.95 Å². The Bertz CT molecular complexity index is 664. The van der Waals surface area contributed by atoms with E-state index in [1.807, 2.05) is 6.07 Å². The average Bonchev–Trinajstić information content (AvgIpc) is 2.37. The van der Waals surface area contributed by atoms with Gasteiger partial charge in [0.1, 0.15) is 18.0 Å². The molecule has 0 bridgehead atoms. The molecule has 0 atom stereocenters. The molecule has 0 saturated carbocycles. The zero-order chi connectivity index (χ0) is 14.7. The second-order valence-corrected chi connectivity index (χ2v) is 5.34. The lowest BCUT2D eigenvalue weighted by Gasteiger charge is -2.09. The van der Waals surface area contributed by atoms with Crippen LogP contribution in [0.1, 0.15) is 5.56 Å². The number of halogens is 2. The molecular formula is C13H10BrClN2O3. The molecule has 5 nitrogen and oxygen atoms in total. The first kappa shape index (κ1) is 14.6. The molecule has 0 heterocycles. The number of nitrogens with two attached hydrogens (primary N) is 1. The summed E-state index contributed by atoms with van der Waals surface area (Å²) >= 11 is 9.33. The van der Waals surface area contributed by atoms with Gasteiger partial charge >= 0.3 is 0 Å². The SMILES string of the molecule is Nc1cc(COc2ccc(Br)cc2Cl)ccc1[N+](=O)[O-]. The predicted molar refractivity (Wildman–Crippen MR) is 81.0 cm³/mol. The maximum Gasteiger partial charge on any atom is 0.292 e. The molecule has 0 amide bonds. The lowest BCUT2D eigenvalue weighted by molar-refractivity contribution is -0.383. The van der Waals surface area contributed by atoms with Crippen LogP contribution in [0.3, 0.4) is 0 Å². The average molecular weight is 358 g/mol. The Morgan fingerprint density at radius 2 is 2.05 bits per heavy atom. The van der Waals surface area contributed by atoms with Crippen molar-refractivity contribution in [2.75, 3.05) is 5.73 Å². The van der Waals surface area contributed by atoms with E-state index in [4.69, 9.17) is 22.1 Å². The second-order valence-electron chi connectivity index (χ2n) is 4.01. The number of ether oxygens (including phenoxy) is 1. The molecule has 0 radical (unpaired) electrons. The van der Waals surface area contributed by atoms with Crippen LogP contribution in [0, 0.1) is 10.1 Å². The minimum Gasteiger partial charge on any atom is -0.487 e. The molecule has 0 unspecified atom stereocenters. The van der Waals surface area contributed by atoms with Gasteiger partial charge in [0, 0.05) is 10.5 Å². The second kappa shape index (κ2) is 6.11. The monoisotopic (exact) mass is 356 g/mol. The van der Waals surface area contributed by atoms with Crippen LogP contribution in [0.25, 0.3) is 0 Å². The lowest BCUT2D eigenvalue weighted by Crippen LogP contribution is -2.00. The predicted octanol–water partition coefficient (Wildman–Crippen LogP) is 4.17. The van der Waals surface area contributed by atoms with Gasteiger partial charge in [-0.2, -0.15) is 0 Å². The standard InChI is InChI=1S/C13H10BrClN2O3/c14-9-2-4-13(10(15)6-9)20-7-8-1-3-12(17(18)19)11(16)5-8/h1-6H,7,16H2. The maximum absolute atomic E-state index is 10.7. The van der Waals surface area contributed by atoms with Gasteiger partial charge in [0.2, 0.25) is 0 Å². The Kier molecular flexibility index (Phi) is 4.46. The zero-order valence-corrected chi connectivity index (χ0v) is 12.5. The van der Waals surface area contributed by atoms with Crippen LogP contribution in [-0.4, -0.2) is 4.92 Å². The first-order chi connectivity index (χ1) is 9.47. The van der Waals surface area contributed by atoms with Gasteiger partial charge in [0.25, 0.3) is 5.69 Å². The maximum atomic E-state index is 10.7. The molecule has 0 fully saturated rings. The fraction of sp³-hybridized carbons (Fsp3) is 0.0769. The smallest absolute Gasteiger partial charge is 0.292 e. The molecule has 0 aliphatic heterocycles. The Hall–Kier alpha value is -1.79. The van der Waals surface area contributed by atoms with Gasteiger partial charge in [0.15, 0.2) is 0 Å². The number of hydrogen-bond donors (Lipinski definition) is 1. The molecule has 7 heteroatoms. The Balaban J connectivity index is 2.11. The van der Waals surface area contributed by atoms with Crippen molar-refractivity contribution in [1.82, 2.24) is 0 Å². The van der Waals surface area contributed by atoms with Crippen molar-refractivity contribution in [3.8, 4) is 5.75 Å². The molecule has 0 aliphatic rings. The van der Waals surface area contributed by atoms with E-state index in [2.05, 4.69) is 15.9 Å². The number of benzene rings is 2. The van der Waals surface area contributed by atoms with Crippen LogP contribution in [0.2, 0.25) is 5.02 Å². The van der Waals surface area contributed by atoms with E-state index < -0.39 is 4.92 Å². The highest BCUT2D eigenvalue weighted by molar-refractivity contribution is 9.10. The summed E-state index contributed by atoms with van der Waals surface area (Å²) in [6.45, 7) is 0.226. The number of nitrogens with zero attached hydrogens (tertiary/aromatic N) is 1. The number of hydrogen-bond acceptors (Lipinski definition) is 4. The van der Waals surface area contributed by atoms with Crippen LogP contribution in [-0.2, 0) is 6.61 Å². The normalized spacial score (nSPS) is 10.3. The van der Waals surface area contributed by atoms with Crippen LogP contribution < -0.4 is 10.5 Å². The van der Waals surface area contributed by atoms with Gasteiger partial charge in [-0.15, -0.1) is 0 Å². The summed E-state index contributed by atoms with van der Waals surface area (Å²) in [6, 6.07) is 9.75. The topological polar surface area (TPSA) is 78.4 Å². The summed E-state index contributed by atoms with van der Waals surface area (Å²) in [7, 11) is 0. The number of nitro groups is 1. The fourth-order valence-electron chi connectivity index (χ4n) is 1.61. The molecule has 2 rings (SSSR count). The van der Waals surface area contributed by atoms with Crippen LogP contribution in [0.4, 0.5) is 11.4 Å². The van der Waals surface area contributed by atoms with Crippen molar-refractivity contribution in [3.05, 3.63) is 61.6 Å². The van der Waals surface area contributed by atoms with Gasteiger partial charge in [-0.25, -0.2) is 0 Å². The quantitative estimate of drug-likeness (QED) is 0.506. The van der Waals surface area contributed by atoms with E-state index >= 15 is 0 Å². The minimum atomic E-state index is -0.522. The summed E-state index contributed by atoms with van der Waals surface area (Å²) < 4.78 is 6.41. The molecule has 2 aromatic rings. The zero-order valence-electron chi connectivity index (χ0n) is 10.2. The number of anilines is 1.